The normalized spacial score (nSPS) is 14.3. The molecule has 7 aromatic carbocycles. The van der Waals surface area contributed by atoms with E-state index < -0.39 is 0 Å². The maximum atomic E-state index is 2.45. The van der Waals surface area contributed by atoms with Gasteiger partial charge in [-0.1, -0.05) is 143 Å². The molecular formula is C50H46N2. The molecule has 0 saturated carbocycles. The topological polar surface area (TPSA) is 6.48 Å². The van der Waals surface area contributed by atoms with Gasteiger partial charge in [0.2, 0.25) is 0 Å². The maximum absolute atomic E-state index is 2.45. The quantitative estimate of drug-likeness (QED) is 0.158. The fourth-order valence-electron chi connectivity index (χ4n) is 7.98. The van der Waals surface area contributed by atoms with Crippen LogP contribution in [0.3, 0.4) is 0 Å². The van der Waals surface area contributed by atoms with Gasteiger partial charge in [0.05, 0.1) is 5.69 Å². The zero-order chi connectivity index (χ0) is 35.7. The van der Waals surface area contributed by atoms with Crippen LogP contribution in [0.25, 0.3) is 22.3 Å². The summed E-state index contributed by atoms with van der Waals surface area (Å²) in [5.41, 5.74) is 14.9. The van der Waals surface area contributed by atoms with Crippen LogP contribution in [0.15, 0.2) is 182 Å². The Morgan fingerprint density at radius 3 is 1.37 bits per heavy atom. The van der Waals surface area contributed by atoms with Crippen molar-refractivity contribution < 1.29 is 0 Å². The lowest BCUT2D eigenvalue weighted by atomic mass is 9.62. The Morgan fingerprint density at radius 1 is 0.346 bits per heavy atom. The first-order valence-corrected chi connectivity index (χ1v) is 18.5. The third kappa shape index (κ3) is 6.42. The van der Waals surface area contributed by atoms with E-state index in [0.29, 0.717) is 0 Å². The molecule has 7 aromatic rings. The average Bonchev–Trinajstić information content (AvgIpc) is 3.19. The Balaban J connectivity index is 1.15. The van der Waals surface area contributed by atoms with Gasteiger partial charge in [0.25, 0.3) is 0 Å². The van der Waals surface area contributed by atoms with Crippen LogP contribution in [0.2, 0.25) is 0 Å². The zero-order valence-corrected chi connectivity index (χ0v) is 30.6. The van der Waals surface area contributed by atoms with Crippen molar-refractivity contribution in [1.82, 2.24) is 0 Å². The molecule has 0 aromatic heterocycles. The van der Waals surface area contributed by atoms with Crippen LogP contribution in [-0.4, -0.2) is 0 Å². The van der Waals surface area contributed by atoms with E-state index in [0.717, 1.165) is 22.7 Å². The summed E-state index contributed by atoms with van der Waals surface area (Å²) in [5.74, 6) is 0. The maximum Gasteiger partial charge on any atom is 0.0502 e. The molecule has 1 aliphatic carbocycles. The van der Waals surface area contributed by atoms with E-state index in [9.17, 15) is 0 Å². The van der Waals surface area contributed by atoms with E-state index in [1.807, 2.05) is 0 Å². The Morgan fingerprint density at radius 2 is 0.769 bits per heavy atom. The van der Waals surface area contributed by atoms with Crippen molar-refractivity contribution in [3.8, 4) is 22.3 Å². The summed E-state index contributed by atoms with van der Waals surface area (Å²) < 4.78 is 0. The van der Waals surface area contributed by atoms with Gasteiger partial charge in [-0.3, -0.25) is 0 Å². The van der Waals surface area contributed by atoms with Crippen molar-refractivity contribution in [2.24, 2.45) is 0 Å². The Labute approximate surface area is 309 Å². The summed E-state index contributed by atoms with van der Waals surface area (Å²) in [6.45, 7) is 9.64. The summed E-state index contributed by atoms with van der Waals surface area (Å²) in [6, 6.07) is 65.8. The van der Waals surface area contributed by atoms with Gasteiger partial charge in [-0.15, -0.1) is 0 Å². The number of anilines is 6. The van der Waals surface area contributed by atoms with Crippen molar-refractivity contribution in [2.45, 2.75) is 51.4 Å². The largest absolute Gasteiger partial charge is 0.310 e. The molecule has 0 fully saturated rings. The molecule has 0 heterocycles. The van der Waals surface area contributed by atoms with Gasteiger partial charge in [0, 0.05) is 28.4 Å². The van der Waals surface area contributed by atoms with Crippen LogP contribution in [0, 0.1) is 0 Å². The fraction of sp³-hybridized carbons (Fsp3) is 0.160. The molecule has 0 aliphatic heterocycles. The summed E-state index contributed by atoms with van der Waals surface area (Å²) in [7, 11) is 0. The van der Waals surface area contributed by atoms with Gasteiger partial charge in [-0.2, -0.15) is 0 Å². The lowest BCUT2D eigenvalue weighted by molar-refractivity contribution is 0.332. The highest BCUT2D eigenvalue weighted by Gasteiger charge is 2.39. The molecule has 0 N–H and O–H groups in total. The van der Waals surface area contributed by atoms with Crippen LogP contribution < -0.4 is 9.80 Å². The minimum Gasteiger partial charge on any atom is -0.310 e. The van der Waals surface area contributed by atoms with Crippen LogP contribution >= 0.6 is 0 Å². The SMILES string of the molecule is CC1(C)CCC(C)(C)c2c(N(c3ccccc3)c3ccc(-c4ccc(N(c5ccccc5)c5cccc(-c6ccccc6)c5)cc4)cc3)cccc21. The third-order valence-electron chi connectivity index (χ3n) is 10.9. The number of hydrogen-bond donors (Lipinski definition) is 0. The minimum absolute atomic E-state index is 0.0761. The fourth-order valence-corrected chi connectivity index (χ4v) is 7.98. The second kappa shape index (κ2) is 13.7. The van der Waals surface area contributed by atoms with E-state index in [4.69, 9.17) is 0 Å². The highest BCUT2D eigenvalue weighted by atomic mass is 15.1. The number of nitrogens with zero attached hydrogens (tertiary/aromatic N) is 2. The summed E-state index contributed by atoms with van der Waals surface area (Å²) in [6.07, 6.45) is 2.36. The van der Waals surface area contributed by atoms with Crippen molar-refractivity contribution in [2.75, 3.05) is 9.80 Å². The first-order valence-electron chi connectivity index (χ1n) is 18.5. The molecule has 0 spiro atoms. The van der Waals surface area contributed by atoms with E-state index in [1.165, 1.54) is 57.6 Å². The van der Waals surface area contributed by atoms with E-state index in [1.54, 1.807) is 0 Å². The Hall–Kier alpha value is -5.86. The number of hydrogen-bond acceptors (Lipinski definition) is 2. The summed E-state index contributed by atoms with van der Waals surface area (Å²) in [4.78, 5) is 4.79. The van der Waals surface area contributed by atoms with Crippen molar-refractivity contribution in [3.05, 3.63) is 193 Å². The van der Waals surface area contributed by atoms with E-state index in [-0.39, 0.29) is 10.8 Å². The highest BCUT2D eigenvalue weighted by Crippen LogP contribution is 2.51. The highest BCUT2D eigenvalue weighted by molar-refractivity contribution is 5.83. The molecule has 0 bridgehead atoms. The molecule has 0 unspecified atom stereocenters. The molecular weight excluding hydrogens is 629 g/mol. The molecule has 0 atom stereocenters. The van der Waals surface area contributed by atoms with Gasteiger partial charge >= 0.3 is 0 Å². The molecule has 1 aliphatic rings. The summed E-state index contributed by atoms with van der Waals surface area (Å²) >= 11 is 0. The predicted octanol–water partition coefficient (Wildman–Crippen LogP) is 14.3. The number of rotatable bonds is 8. The molecule has 256 valence electrons. The van der Waals surface area contributed by atoms with Crippen LogP contribution in [-0.2, 0) is 10.8 Å². The van der Waals surface area contributed by atoms with Gasteiger partial charge in [-0.05, 0) is 124 Å². The van der Waals surface area contributed by atoms with Gasteiger partial charge in [0.1, 0.15) is 0 Å². The molecule has 0 radical (unpaired) electrons. The van der Waals surface area contributed by atoms with Gasteiger partial charge in [0.15, 0.2) is 0 Å². The molecule has 0 saturated heterocycles. The second-order valence-electron chi connectivity index (χ2n) is 15.3. The lowest BCUT2D eigenvalue weighted by Gasteiger charge is -2.44. The van der Waals surface area contributed by atoms with Crippen molar-refractivity contribution in [3.63, 3.8) is 0 Å². The number of para-hydroxylation sites is 2. The van der Waals surface area contributed by atoms with E-state index in [2.05, 4.69) is 219 Å². The zero-order valence-electron chi connectivity index (χ0n) is 30.6. The Kier molecular flexibility index (Phi) is 8.77. The first-order chi connectivity index (χ1) is 25.3. The minimum atomic E-state index is 0.0761. The van der Waals surface area contributed by atoms with Crippen molar-refractivity contribution >= 4 is 34.1 Å². The molecule has 8 rings (SSSR count). The molecule has 0 amide bonds. The van der Waals surface area contributed by atoms with Crippen molar-refractivity contribution in [1.29, 1.82) is 0 Å². The number of fused-ring (bicyclic) bond motifs is 1. The lowest BCUT2D eigenvalue weighted by Crippen LogP contribution is -2.35. The average molecular weight is 675 g/mol. The van der Waals surface area contributed by atoms with Crippen LogP contribution in [0.4, 0.5) is 34.1 Å². The third-order valence-corrected chi connectivity index (χ3v) is 10.9. The van der Waals surface area contributed by atoms with Gasteiger partial charge in [-0.25, -0.2) is 0 Å². The monoisotopic (exact) mass is 674 g/mol. The van der Waals surface area contributed by atoms with Crippen LogP contribution in [0.5, 0.6) is 0 Å². The summed E-state index contributed by atoms with van der Waals surface area (Å²) in [5, 5.41) is 0. The molecule has 2 nitrogen and oxygen atoms in total. The van der Waals surface area contributed by atoms with Crippen LogP contribution in [0.1, 0.15) is 51.7 Å². The van der Waals surface area contributed by atoms with Gasteiger partial charge < -0.3 is 9.80 Å². The number of benzene rings is 7. The smallest absolute Gasteiger partial charge is 0.0502 e. The molecule has 52 heavy (non-hydrogen) atoms. The molecule has 2 heteroatoms. The van der Waals surface area contributed by atoms with E-state index >= 15 is 0 Å². The second-order valence-corrected chi connectivity index (χ2v) is 15.3. The first kappa shape index (κ1) is 33.3. The predicted molar refractivity (Wildman–Crippen MR) is 222 cm³/mol. The Bertz CT molecular complexity index is 2270. The standard InChI is InChI=1S/C50H46N2/c1-49(2)34-35-50(3,4)48-46(49)24-15-25-47(48)52(42-21-12-7-13-22-42)44-32-28-39(29-33-44)38-26-30-43(31-27-38)51(41-19-10-6-11-20-41)45-23-14-18-40(36-45)37-16-8-5-9-17-37/h5-33,36H,34-35H2,1-4H3.